The molecule has 0 saturated heterocycles. The molecular formula is C27H30N4O3. The average Bonchev–Trinajstić information content (AvgIpc) is 2.82. The number of amides is 3. The van der Waals surface area contributed by atoms with Gasteiger partial charge in [0, 0.05) is 18.3 Å². The fourth-order valence-electron chi connectivity index (χ4n) is 3.32. The Morgan fingerprint density at radius 2 is 1.35 bits per heavy atom. The van der Waals surface area contributed by atoms with E-state index < -0.39 is 0 Å². The van der Waals surface area contributed by atoms with Crippen molar-refractivity contribution in [3.63, 3.8) is 0 Å². The topological polar surface area (TPSA) is 99.3 Å². The van der Waals surface area contributed by atoms with Crippen molar-refractivity contribution in [1.29, 1.82) is 0 Å². The summed E-state index contributed by atoms with van der Waals surface area (Å²) in [5.41, 5.74) is 3.95. The highest BCUT2D eigenvalue weighted by Crippen LogP contribution is 2.17. The van der Waals surface area contributed by atoms with Gasteiger partial charge in [-0.3, -0.25) is 14.4 Å². The first kappa shape index (κ1) is 24.5. The molecule has 4 N–H and O–H groups in total. The summed E-state index contributed by atoms with van der Waals surface area (Å²) in [6.07, 6.45) is 0. The third-order valence-electron chi connectivity index (χ3n) is 5.05. The summed E-state index contributed by atoms with van der Waals surface area (Å²) < 4.78 is 0. The molecule has 0 bridgehead atoms. The second-order valence-corrected chi connectivity index (χ2v) is 8.29. The van der Waals surface area contributed by atoms with E-state index in [-0.39, 0.29) is 30.3 Å². The smallest absolute Gasteiger partial charge is 0.253 e. The van der Waals surface area contributed by atoms with Crippen LogP contribution >= 0.6 is 0 Å². The highest BCUT2D eigenvalue weighted by Gasteiger charge is 2.15. The standard InChI is InChI=1S/C27H30N4O3/c1-18(2)30-27(34)21-8-4-6-10-23(21)28-17-25(32)31-24-11-7-5-9-22(24)26(33)29-16-20-14-12-19(3)13-15-20/h4-15,18,28H,16-17H2,1-3H3,(H,29,33)(H,30,34)(H,31,32). The summed E-state index contributed by atoms with van der Waals surface area (Å²) in [5, 5.41) is 11.5. The molecule has 0 spiro atoms. The summed E-state index contributed by atoms with van der Waals surface area (Å²) in [5.74, 6) is -0.827. The van der Waals surface area contributed by atoms with Crippen molar-refractivity contribution < 1.29 is 14.4 Å². The number of rotatable bonds is 9. The quantitative estimate of drug-likeness (QED) is 0.388. The molecular weight excluding hydrogens is 428 g/mol. The van der Waals surface area contributed by atoms with Gasteiger partial charge in [-0.25, -0.2) is 0 Å². The summed E-state index contributed by atoms with van der Waals surface area (Å²) in [7, 11) is 0. The highest BCUT2D eigenvalue weighted by molar-refractivity contribution is 6.05. The normalized spacial score (nSPS) is 10.5. The Kier molecular flexibility index (Phi) is 8.40. The Hall–Kier alpha value is -4.13. The van der Waals surface area contributed by atoms with Gasteiger partial charge in [0.1, 0.15) is 0 Å². The fourth-order valence-corrected chi connectivity index (χ4v) is 3.32. The maximum atomic E-state index is 12.8. The number of anilines is 2. The molecule has 0 unspecified atom stereocenters. The minimum atomic E-state index is -0.335. The minimum absolute atomic E-state index is 0.00231. The van der Waals surface area contributed by atoms with Crippen LogP contribution in [0.15, 0.2) is 72.8 Å². The van der Waals surface area contributed by atoms with Gasteiger partial charge in [-0.15, -0.1) is 0 Å². The van der Waals surface area contributed by atoms with Crippen molar-refractivity contribution >= 4 is 29.1 Å². The molecule has 0 aromatic heterocycles. The Balaban J connectivity index is 1.61. The summed E-state index contributed by atoms with van der Waals surface area (Å²) in [6.45, 7) is 6.10. The molecule has 3 rings (SSSR count). The predicted molar refractivity (Wildman–Crippen MR) is 135 cm³/mol. The predicted octanol–water partition coefficient (Wildman–Crippen LogP) is 4.11. The molecule has 0 aliphatic rings. The lowest BCUT2D eigenvalue weighted by Crippen LogP contribution is -2.31. The average molecular weight is 459 g/mol. The van der Waals surface area contributed by atoms with Crippen LogP contribution in [0.2, 0.25) is 0 Å². The third-order valence-corrected chi connectivity index (χ3v) is 5.05. The maximum absolute atomic E-state index is 12.8. The molecule has 0 aliphatic heterocycles. The van der Waals surface area contributed by atoms with Gasteiger partial charge in [-0.2, -0.15) is 0 Å². The van der Waals surface area contributed by atoms with Crippen molar-refractivity contribution in [2.75, 3.05) is 17.2 Å². The second kappa shape index (κ2) is 11.7. The first-order valence-corrected chi connectivity index (χ1v) is 11.2. The van der Waals surface area contributed by atoms with Crippen molar-refractivity contribution in [3.8, 4) is 0 Å². The molecule has 0 atom stereocenters. The number of carbonyl (C=O) groups is 3. The van der Waals surface area contributed by atoms with Crippen LogP contribution in [-0.2, 0) is 11.3 Å². The fraction of sp³-hybridized carbons (Fsp3) is 0.222. The molecule has 176 valence electrons. The Bertz CT molecular complexity index is 1160. The van der Waals surface area contributed by atoms with Crippen LogP contribution in [0.3, 0.4) is 0 Å². The lowest BCUT2D eigenvalue weighted by Gasteiger charge is -2.15. The molecule has 3 amide bonds. The molecule has 0 heterocycles. The zero-order valence-corrected chi connectivity index (χ0v) is 19.6. The van der Waals surface area contributed by atoms with Crippen LogP contribution in [0.4, 0.5) is 11.4 Å². The van der Waals surface area contributed by atoms with E-state index >= 15 is 0 Å². The summed E-state index contributed by atoms with van der Waals surface area (Å²) in [6, 6.07) is 21.8. The number of para-hydroxylation sites is 2. The van der Waals surface area contributed by atoms with Crippen LogP contribution in [-0.4, -0.2) is 30.3 Å². The van der Waals surface area contributed by atoms with Crippen LogP contribution in [0.1, 0.15) is 45.7 Å². The molecule has 0 fully saturated rings. The molecule has 0 saturated carbocycles. The summed E-state index contributed by atoms with van der Waals surface area (Å²) >= 11 is 0. The van der Waals surface area contributed by atoms with Gasteiger partial charge in [-0.1, -0.05) is 54.1 Å². The first-order valence-electron chi connectivity index (χ1n) is 11.2. The van der Waals surface area contributed by atoms with E-state index in [9.17, 15) is 14.4 Å². The molecule has 7 heteroatoms. The van der Waals surface area contributed by atoms with Crippen molar-refractivity contribution in [3.05, 3.63) is 95.1 Å². The zero-order valence-electron chi connectivity index (χ0n) is 19.6. The van der Waals surface area contributed by atoms with Gasteiger partial charge in [0.15, 0.2) is 0 Å². The largest absolute Gasteiger partial charge is 0.376 e. The van der Waals surface area contributed by atoms with Crippen LogP contribution in [0, 0.1) is 6.92 Å². The lowest BCUT2D eigenvalue weighted by atomic mass is 10.1. The number of benzene rings is 3. The highest BCUT2D eigenvalue weighted by atomic mass is 16.2. The van der Waals surface area contributed by atoms with Gasteiger partial charge in [0.05, 0.1) is 23.4 Å². The minimum Gasteiger partial charge on any atom is -0.376 e. The molecule has 3 aromatic rings. The van der Waals surface area contributed by atoms with E-state index in [2.05, 4.69) is 21.3 Å². The van der Waals surface area contributed by atoms with Crippen LogP contribution in [0.5, 0.6) is 0 Å². The van der Waals surface area contributed by atoms with Gasteiger partial charge in [-0.05, 0) is 50.6 Å². The molecule has 34 heavy (non-hydrogen) atoms. The van der Waals surface area contributed by atoms with E-state index in [0.717, 1.165) is 11.1 Å². The van der Waals surface area contributed by atoms with Gasteiger partial charge >= 0.3 is 0 Å². The number of aryl methyl sites for hydroxylation is 1. The van der Waals surface area contributed by atoms with E-state index in [1.165, 1.54) is 0 Å². The summed E-state index contributed by atoms with van der Waals surface area (Å²) in [4.78, 5) is 37.8. The number of hydrogen-bond donors (Lipinski definition) is 4. The molecule has 7 nitrogen and oxygen atoms in total. The lowest BCUT2D eigenvalue weighted by molar-refractivity contribution is -0.114. The maximum Gasteiger partial charge on any atom is 0.253 e. The Morgan fingerprint density at radius 3 is 2.00 bits per heavy atom. The van der Waals surface area contributed by atoms with Gasteiger partial charge in [0.2, 0.25) is 5.91 Å². The second-order valence-electron chi connectivity index (χ2n) is 8.29. The first-order chi connectivity index (χ1) is 16.3. The molecule has 0 aliphatic carbocycles. The Morgan fingerprint density at radius 1 is 0.765 bits per heavy atom. The third kappa shape index (κ3) is 6.93. The van der Waals surface area contributed by atoms with E-state index in [1.807, 2.05) is 45.0 Å². The van der Waals surface area contributed by atoms with E-state index in [1.54, 1.807) is 48.5 Å². The van der Waals surface area contributed by atoms with Crippen molar-refractivity contribution in [2.24, 2.45) is 0 Å². The molecule has 3 aromatic carbocycles. The SMILES string of the molecule is Cc1ccc(CNC(=O)c2ccccc2NC(=O)CNc2ccccc2C(=O)NC(C)C)cc1. The van der Waals surface area contributed by atoms with Crippen LogP contribution in [0.25, 0.3) is 0 Å². The van der Waals surface area contributed by atoms with Gasteiger partial charge in [0.25, 0.3) is 11.8 Å². The van der Waals surface area contributed by atoms with E-state index in [4.69, 9.17) is 0 Å². The van der Waals surface area contributed by atoms with Gasteiger partial charge < -0.3 is 21.3 Å². The van der Waals surface area contributed by atoms with Crippen LogP contribution < -0.4 is 21.3 Å². The monoisotopic (exact) mass is 458 g/mol. The van der Waals surface area contributed by atoms with Crippen molar-refractivity contribution in [1.82, 2.24) is 10.6 Å². The number of nitrogens with one attached hydrogen (secondary N) is 4. The zero-order chi connectivity index (χ0) is 24.5. The van der Waals surface area contributed by atoms with E-state index in [0.29, 0.717) is 29.0 Å². The molecule has 0 radical (unpaired) electrons. The number of carbonyl (C=O) groups excluding carboxylic acids is 3. The van der Waals surface area contributed by atoms with Crippen molar-refractivity contribution in [2.45, 2.75) is 33.4 Å². The number of hydrogen-bond acceptors (Lipinski definition) is 4. The Labute approximate surface area is 200 Å².